The topological polar surface area (TPSA) is 105 Å². The molecule has 1 aromatic heterocycles. The van der Waals surface area contributed by atoms with Crippen molar-refractivity contribution in [2.24, 2.45) is 0 Å². The lowest BCUT2D eigenvalue weighted by atomic mass is 10.1. The molecule has 7 nitrogen and oxygen atoms in total. The highest BCUT2D eigenvalue weighted by Crippen LogP contribution is 2.39. The first-order valence-corrected chi connectivity index (χ1v) is 11.5. The Kier molecular flexibility index (Phi) is 4.96. The van der Waals surface area contributed by atoms with Crippen molar-refractivity contribution in [2.45, 2.75) is 31.4 Å². The number of amides is 1. The van der Waals surface area contributed by atoms with Crippen molar-refractivity contribution in [1.29, 1.82) is 0 Å². The van der Waals surface area contributed by atoms with Gasteiger partial charge in [-0.2, -0.15) is 5.10 Å². The molecule has 1 saturated carbocycles. The summed E-state index contributed by atoms with van der Waals surface area (Å²) in [6, 6.07) is 12.3. The Labute approximate surface area is 169 Å². The van der Waals surface area contributed by atoms with E-state index < -0.39 is 9.84 Å². The van der Waals surface area contributed by atoms with Crippen molar-refractivity contribution in [2.75, 3.05) is 11.6 Å². The minimum atomic E-state index is -3.12. The van der Waals surface area contributed by atoms with E-state index in [0.717, 1.165) is 29.8 Å². The minimum Gasteiger partial charge on any atom is -0.321 e. The van der Waals surface area contributed by atoms with Crippen LogP contribution in [0.2, 0.25) is 0 Å². The van der Waals surface area contributed by atoms with Gasteiger partial charge < -0.3 is 5.32 Å². The first-order valence-electron chi connectivity index (χ1n) is 9.40. The summed E-state index contributed by atoms with van der Waals surface area (Å²) in [6.07, 6.45) is 3.44. The van der Waals surface area contributed by atoms with Gasteiger partial charge >= 0.3 is 0 Å². The summed E-state index contributed by atoms with van der Waals surface area (Å²) in [7, 11) is -3.12. The lowest BCUT2D eigenvalue weighted by Crippen LogP contribution is -2.13. The van der Waals surface area contributed by atoms with Crippen LogP contribution in [0.15, 0.2) is 42.5 Å². The molecule has 0 radical (unpaired) electrons. The molecule has 0 saturated heterocycles. The van der Waals surface area contributed by atoms with E-state index >= 15 is 0 Å². The van der Waals surface area contributed by atoms with Crippen molar-refractivity contribution in [3.8, 4) is 11.4 Å². The van der Waals surface area contributed by atoms with Crippen LogP contribution < -0.4 is 5.32 Å². The van der Waals surface area contributed by atoms with Gasteiger partial charge in [-0.1, -0.05) is 23.8 Å². The molecule has 0 bridgehead atoms. The van der Waals surface area contributed by atoms with E-state index in [0.29, 0.717) is 28.6 Å². The number of nitrogens with one attached hydrogen (secondary N) is 2. The molecule has 29 heavy (non-hydrogen) atoms. The molecule has 0 spiro atoms. The number of hydrogen-bond acceptors (Lipinski definition) is 5. The number of hydrogen-bond donors (Lipinski definition) is 2. The first kappa shape index (κ1) is 19.3. The van der Waals surface area contributed by atoms with Crippen molar-refractivity contribution in [3.63, 3.8) is 0 Å². The summed E-state index contributed by atoms with van der Waals surface area (Å²) in [5, 5.41) is 10.3. The zero-order chi connectivity index (χ0) is 20.6. The Morgan fingerprint density at radius 3 is 2.55 bits per heavy atom. The quantitative estimate of drug-likeness (QED) is 0.648. The predicted molar refractivity (Wildman–Crippen MR) is 111 cm³/mol. The van der Waals surface area contributed by atoms with Gasteiger partial charge in [-0.15, -0.1) is 0 Å². The summed E-state index contributed by atoms with van der Waals surface area (Å²) < 4.78 is 22.8. The minimum absolute atomic E-state index is 0.0504. The van der Waals surface area contributed by atoms with Crippen molar-refractivity contribution < 1.29 is 13.2 Å². The fourth-order valence-corrected chi connectivity index (χ4v) is 3.93. The van der Waals surface area contributed by atoms with Gasteiger partial charge in [-0.25, -0.2) is 13.4 Å². The number of aryl methyl sites for hydroxylation is 1. The molecule has 2 aromatic carbocycles. The highest BCUT2D eigenvalue weighted by Gasteiger charge is 2.27. The first-order chi connectivity index (χ1) is 13.8. The number of nitrogens with zero attached hydrogens (tertiary/aromatic N) is 2. The van der Waals surface area contributed by atoms with Crippen molar-refractivity contribution >= 4 is 21.4 Å². The number of sulfone groups is 1. The summed E-state index contributed by atoms with van der Waals surface area (Å²) in [6.45, 7) is 1.98. The van der Waals surface area contributed by atoms with E-state index in [1.165, 1.54) is 6.26 Å². The maximum Gasteiger partial charge on any atom is 0.255 e. The lowest BCUT2D eigenvalue weighted by Gasteiger charge is -2.10. The molecular formula is C21H22N4O3S. The Morgan fingerprint density at radius 2 is 1.90 bits per heavy atom. The molecular weight excluding hydrogens is 388 g/mol. The number of aromatic nitrogens is 3. The van der Waals surface area contributed by atoms with Gasteiger partial charge in [0, 0.05) is 23.3 Å². The van der Waals surface area contributed by atoms with Crippen LogP contribution in [0, 0.1) is 6.92 Å². The van der Waals surface area contributed by atoms with E-state index in [2.05, 4.69) is 20.5 Å². The molecule has 1 aliphatic rings. The van der Waals surface area contributed by atoms with Gasteiger partial charge in [0.1, 0.15) is 5.82 Å². The Morgan fingerprint density at radius 1 is 1.17 bits per heavy atom. The molecule has 1 aliphatic carbocycles. The number of H-pyrrole nitrogens is 1. The number of carbonyl (C=O) groups is 1. The summed E-state index contributed by atoms with van der Waals surface area (Å²) >= 11 is 0. The Bertz CT molecular complexity index is 1160. The third-order valence-electron chi connectivity index (χ3n) is 4.78. The predicted octanol–water partition coefficient (Wildman–Crippen LogP) is 3.45. The molecule has 1 fully saturated rings. The van der Waals surface area contributed by atoms with Crippen molar-refractivity contribution in [1.82, 2.24) is 15.2 Å². The van der Waals surface area contributed by atoms with E-state index in [1.807, 2.05) is 25.1 Å². The third kappa shape index (κ3) is 4.71. The number of anilines is 1. The number of carbonyl (C=O) groups excluding carboxylic acids is 1. The largest absolute Gasteiger partial charge is 0.321 e. The summed E-state index contributed by atoms with van der Waals surface area (Å²) in [5.74, 6) is 1.59. The van der Waals surface area contributed by atoms with Gasteiger partial charge in [0.25, 0.3) is 5.91 Å². The summed E-state index contributed by atoms with van der Waals surface area (Å²) in [5.41, 5.74) is 3.52. The maximum atomic E-state index is 12.7. The van der Waals surface area contributed by atoms with Crippen LogP contribution in [0.25, 0.3) is 11.4 Å². The average Bonchev–Trinajstić information content (AvgIpc) is 3.39. The number of aromatic amines is 1. The van der Waals surface area contributed by atoms with E-state index in [4.69, 9.17) is 0 Å². The van der Waals surface area contributed by atoms with E-state index in [1.54, 1.807) is 24.3 Å². The SMILES string of the molecule is Cc1ccc(NC(=O)c2ccc(CS(C)(=O)=O)cc2)c(-c2n[nH]c(C3CC3)n2)c1. The molecule has 0 unspecified atom stereocenters. The monoisotopic (exact) mass is 410 g/mol. The van der Waals surface area contributed by atoms with Crippen LogP contribution in [0.5, 0.6) is 0 Å². The summed E-state index contributed by atoms with van der Waals surface area (Å²) in [4.78, 5) is 17.3. The average molecular weight is 410 g/mol. The number of rotatable bonds is 6. The normalized spacial score (nSPS) is 14.0. The highest BCUT2D eigenvalue weighted by atomic mass is 32.2. The second kappa shape index (κ2) is 7.44. The zero-order valence-corrected chi connectivity index (χ0v) is 17.1. The van der Waals surface area contributed by atoms with Crippen LogP contribution in [0.4, 0.5) is 5.69 Å². The Balaban J connectivity index is 1.56. The molecule has 1 amide bonds. The Hall–Kier alpha value is -3.00. The molecule has 0 atom stereocenters. The molecule has 0 aliphatic heterocycles. The van der Waals surface area contributed by atoms with E-state index in [9.17, 15) is 13.2 Å². The standard InChI is InChI=1S/C21H22N4O3S/c1-13-3-10-18(17(11-13)20-23-19(24-25-20)15-8-9-15)22-21(26)16-6-4-14(5-7-16)12-29(2,27)28/h3-7,10-11,15H,8-9,12H2,1-2H3,(H,22,26)(H,23,24,25). The van der Waals surface area contributed by atoms with Crippen molar-refractivity contribution in [3.05, 3.63) is 65.0 Å². The van der Waals surface area contributed by atoms with Gasteiger partial charge in [-0.3, -0.25) is 9.89 Å². The lowest BCUT2D eigenvalue weighted by molar-refractivity contribution is 0.102. The maximum absolute atomic E-state index is 12.7. The number of benzene rings is 2. The highest BCUT2D eigenvalue weighted by molar-refractivity contribution is 7.89. The van der Waals surface area contributed by atoms with E-state index in [-0.39, 0.29) is 11.7 Å². The van der Waals surface area contributed by atoms with Crippen LogP contribution in [-0.2, 0) is 15.6 Å². The fourth-order valence-electron chi connectivity index (χ4n) is 3.14. The smallest absolute Gasteiger partial charge is 0.255 e. The van der Waals surface area contributed by atoms with Crippen LogP contribution in [0.3, 0.4) is 0 Å². The fraction of sp³-hybridized carbons (Fsp3) is 0.286. The molecule has 150 valence electrons. The zero-order valence-electron chi connectivity index (χ0n) is 16.3. The second-order valence-corrected chi connectivity index (χ2v) is 9.73. The third-order valence-corrected chi connectivity index (χ3v) is 5.63. The van der Waals surface area contributed by atoms with Gasteiger partial charge in [0.05, 0.1) is 11.4 Å². The van der Waals surface area contributed by atoms with Gasteiger partial charge in [0.2, 0.25) is 0 Å². The van der Waals surface area contributed by atoms with Crippen LogP contribution in [0.1, 0.15) is 46.1 Å². The molecule has 8 heteroatoms. The molecule has 2 N–H and O–H groups in total. The molecule has 1 heterocycles. The van der Waals surface area contributed by atoms with Crippen LogP contribution >= 0.6 is 0 Å². The van der Waals surface area contributed by atoms with Gasteiger partial charge in [0.15, 0.2) is 15.7 Å². The second-order valence-electron chi connectivity index (χ2n) is 7.59. The molecule has 4 rings (SSSR count). The van der Waals surface area contributed by atoms with Gasteiger partial charge in [-0.05, 0) is 49.6 Å². The van der Waals surface area contributed by atoms with Crippen LogP contribution in [-0.4, -0.2) is 35.8 Å². The molecule has 3 aromatic rings.